The normalized spacial score (nSPS) is 22.8. The molecule has 0 aromatic carbocycles. The Morgan fingerprint density at radius 1 is 1.28 bits per heavy atom. The molecule has 0 radical (unpaired) electrons. The average molecular weight is 251 g/mol. The van der Waals surface area contributed by atoms with Crippen molar-refractivity contribution in [3.63, 3.8) is 0 Å². The highest BCUT2D eigenvalue weighted by Gasteiger charge is 2.39. The minimum atomic E-state index is 0.159. The van der Waals surface area contributed by atoms with Crippen LogP contribution in [0.25, 0.3) is 0 Å². The second-order valence-corrected chi connectivity index (χ2v) is 5.36. The number of rotatable bonds is 3. The minimum absolute atomic E-state index is 0.159. The molecule has 0 atom stereocenters. The maximum atomic E-state index is 5.92. The van der Waals surface area contributed by atoms with Gasteiger partial charge in [-0.25, -0.2) is 0 Å². The molecule has 0 saturated carbocycles. The molecule has 2 aliphatic rings. The van der Waals surface area contributed by atoms with E-state index in [9.17, 15) is 0 Å². The van der Waals surface area contributed by atoms with Crippen molar-refractivity contribution in [2.24, 2.45) is 0 Å². The van der Waals surface area contributed by atoms with Crippen LogP contribution in [0.4, 0.5) is 5.95 Å². The lowest BCUT2D eigenvalue weighted by Gasteiger charge is -2.37. The first-order chi connectivity index (χ1) is 8.81. The maximum Gasteiger partial charge on any atom is 0.266 e. The van der Waals surface area contributed by atoms with Crippen molar-refractivity contribution in [1.82, 2.24) is 10.1 Å². The van der Waals surface area contributed by atoms with Crippen molar-refractivity contribution in [3.05, 3.63) is 5.89 Å². The molecule has 100 valence electrons. The van der Waals surface area contributed by atoms with E-state index in [0.29, 0.717) is 0 Å². The molecule has 2 saturated heterocycles. The number of ether oxygens (including phenoxy) is 1. The Morgan fingerprint density at radius 3 is 2.78 bits per heavy atom. The lowest BCUT2D eigenvalue weighted by molar-refractivity contribution is -0.0148. The van der Waals surface area contributed by atoms with Gasteiger partial charge in [0.15, 0.2) is 0 Å². The molecule has 0 unspecified atom stereocenters. The Kier molecular flexibility index (Phi) is 3.24. The van der Waals surface area contributed by atoms with Gasteiger partial charge in [0.1, 0.15) is 0 Å². The molecule has 3 heterocycles. The standard InChI is InChI=1S/C13H21N3O2/c1-2-4-11-14-12(15-18-11)16-8-6-13(7-9-16)5-3-10-17-13/h2-10H2,1H3. The van der Waals surface area contributed by atoms with Crippen LogP contribution in [-0.4, -0.2) is 35.4 Å². The van der Waals surface area contributed by atoms with E-state index in [1.54, 1.807) is 0 Å². The van der Waals surface area contributed by atoms with Crippen LogP contribution in [0.1, 0.15) is 44.9 Å². The van der Waals surface area contributed by atoms with Crippen LogP contribution in [0.15, 0.2) is 4.52 Å². The van der Waals surface area contributed by atoms with Gasteiger partial charge < -0.3 is 14.2 Å². The van der Waals surface area contributed by atoms with Crippen LogP contribution in [-0.2, 0) is 11.2 Å². The molecule has 0 aliphatic carbocycles. The number of anilines is 1. The van der Waals surface area contributed by atoms with Gasteiger partial charge in [-0.05, 0) is 37.3 Å². The Bertz CT molecular complexity index is 389. The summed E-state index contributed by atoms with van der Waals surface area (Å²) in [7, 11) is 0. The molecule has 5 nitrogen and oxygen atoms in total. The summed E-state index contributed by atoms with van der Waals surface area (Å²) in [6, 6.07) is 0. The second-order valence-electron chi connectivity index (χ2n) is 5.36. The van der Waals surface area contributed by atoms with E-state index in [-0.39, 0.29) is 5.60 Å². The van der Waals surface area contributed by atoms with Crippen LogP contribution < -0.4 is 4.90 Å². The van der Waals surface area contributed by atoms with E-state index >= 15 is 0 Å². The summed E-state index contributed by atoms with van der Waals surface area (Å²) < 4.78 is 11.2. The maximum absolute atomic E-state index is 5.92. The third kappa shape index (κ3) is 2.23. The van der Waals surface area contributed by atoms with Gasteiger partial charge in [-0.1, -0.05) is 6.92 Å². The van der Waals surface area contributed by atoms with Crippen molar-refractivity contribution in [2.75, 3.05) is 24.6 Å². The summed E-state index contributed by atoms with van der Waals surface area (Å²) in [6.45, 7) is 5.00. The SMILES string of the molecule is CCCc1nc(N2CCC3(CCCO3)CC2)no1. The van der Waals surface area contributed by atoms with Crippen LogP contribution >= 0.6 is 0 Å². The molecule has 1 aromatic heterocycles. The van der Waals surface area contributed by atoms with E-state index in [1.165, 1.54) is 12.8 Å². The van der Waals surface area contributed by atoms with Crippen LogP contribution in [0, 0.1) is 0 Å². The number of nitrogens with zero attached hydrogens (tertiary/aromatic N) is 3. The first kappa shape index (κ1) is 12.0. The second kappa shape index (κ2) is 4.88. The van der Waals surface area contributed by atoms with Gasteiger partial charge in [0.25, 0.3) is 5.95 Å². The fourth-order valence-corrected chi connectivity index (χ4v) is 2.95. The molecule has 1 aromatic rings. The molecule has 0 bridgehead atoms. The van der Waals surface area contributed by atoms with Crippen LogP contribution in [0.3, 0.4) is 0 Å². The summed E-state index contributed by atoms with van der Waals surface area (Å²) in [5.41, 5.74) is 0.159. The van der Waals surface area contributed by atoms with Gasteiger partial charge in [-0.15, -0.1) is 0 Å². The van der Waals surface area contributed by atoms with Crippen molar-refractivity contribution < 1.29 is 9.26 Å². The van der Waals surface area contributed by atoms with Crippen molar-refractivity contribution in [1.29, 1.82) is 0 Å². The number of piperidine rings is 1. The van der Waals surface area contributed by atoms with Crippen LogP contribution in [0.5, 0.6) is 0 Å². The largest absolute Gasteiger partial charge is 0.375 e. The minimum Gasteiger partial charge on any atom is -0.375 e. The zero-order chi connectivity index (χ0) is 12.4. The summed E-state index contributed by atoms with van der Waals surface area (Å²) in [6.07, 6.45) is 6.51. The Hall–Kier alpha value is -1.10. The first-order valence-corrected chi connectivity index (χ1v) is 7.03. The number of hydrogen-bond acceptors (Lipinski definition) is 5. The highest BCUT2D eigenvalue weighted by molar-refractivity contribution is 5.29. The van der Waals surface area contributed by atoms with Crippen LogP contribution in [0.2, 0.25) is 0 Å². The molecular weight excluding hydrogens is 230 g/mol. The zero-order valence-corrected chi connectivity index (χ0v) is 11.0. The van der Waals surface area contributed by atoms with Gasteiger partial charge in [0.05, 0.1) is 5.60 Å². The molecule has 5 heteroatoms. The third-order valence-electron chi connectivity index (χ3n) is 4.06. The molecule has 2 fully saturated rings. The molecule has 0 amide bonds. The quantitative estimate of drug-likeness (QED) is 0.824. The number of aryl methyl sites for hydroxylation is 1. The average Bonchev–Trinajstić information content (AvgIpc) is 3.02. The zero-order valence-electron chi connectivity index (χ0n) is 11.0. The lowest BCUT2D eigenvalue weighted by atomic mass is 9.89. The summed E-state index contributed by atoms with van der Waals surface area (Å²) in [5.74, 6) is 1.51. The molecule has 0 N–H and O–H groups in total. The highest BCUT2D eigenvalue weighted by atomic mass is 16.5. The highest BCUT2D eigenvalue weighted by Crippen LogP contribution is 2.36. The smallest absolute Gasteiger partial charge is 0.266 e. The van der Waals surface area contributed by atoms with E-state index in [2.05, 4.69) is 22.0 Å². The predicted octanol–water partition coefficient (Wildman–Crippen LogP) is 2.17. The number of aromatic nitrogens is 2. The molecular formula is C13H21N3O2. The first-order valence-electron chi connectivity index (χ1n) is 7.03. The van der Waals surface area contributed by atoms with Gasteiger partial charge in [0, 0.05) is 26.1 Å². The fourth-order valence-electron chi connectivity index (χ4n) is 2.95. The van der Waals surface area contributed by atoms with Gasteiger partial charge >= 0.3 is 0 Å². The monoisotopic (exact) mass is 251 g/mol. The third-order valence-corrected chi connectivity index (χ3v) is 4.06. The molecule has 1 spiro atoms. The van der Waals surface area contributed by atoms with E-state index in [1.807, 2.05) is 0 Å². The van der Waals surface area contributed by atoms with Gasteiger partial charge in [0.2, 0.25) is 5.89 Å². The summed E-state index contributed by atoms with van der Waals surface area (Å²) >= 11 is 0. The van der Waals surface area contributed by atoms with Crippen molar-refractivity contribution in [3.8, 4) is 0 Å². The fraction of sp³-hybridized carbons (Fsp3) is 0.846. The van der Waals surface area contributed by atoms with E-state index < -0.39 is 0 Å². The lowest BCUT2D eigenvalue weighted by Crippen LogP contribution is -2.44. The molecule has 2 aliphatic heterocycles. The molecule has 3 rings (SSSR count). The number of hydrogen-bond donors (Lipinski definition) is 0. The van der Waals surface area contributed by atoms with Gasteiger partial charge in [-0.3, -0.25) is 0 Å². The Morgan fingerprint density at radius 2 is 2.11 bits per heavy atom. The summed E-state index contributed by atoms with van der Waals surface area (Å²) in [4.78, 5) is 6.66. The Balaban J connectivity index is 1.61. The van der Waals surface area contributed by atoms with E-state index in [0.717, 1.165) is 57.2 Å². The molecule has 18 heavy (non-hydrogen) atoms. The van der Waals surface area contributed by atoms with Crippen molar-refractivity contribution in [2.45, 2.75) is 51.0 Å². The van der Waals surface area contributed by atoms with E-state index in [4.69, 9.17) is 9.26 Å². The Labute approximate surface area is 107 Å². The van der Waals surface area contributed by atoms with Gasteiger partial charge in [-0.2, -0.15) is 4.98 Å². The summed E-state index contributed by atoms with van der Waals surface area (Å²) in [5, 5.41) is 4.07. The topological polar surface area (TPSA) is 51.4 Å². The van der Waals surface area contributed by atoms with Crippen molar-refractivity contribution >= 4 is 5.95 Å². The predicted molar refractivity (Wildman–Crippen MR) is 67.7 cm³/mol.